The molecule has 138 valence electrons. The highest BCUT2D eigenvalue weighted by atomic mass is 16.2. The fraction of sp³-hybridized carbons (Fsp3) is 0.0455. The number of primary amides is 1. The topological polar surface area (TPSA) is 90.0 Å². The molecule has 1 heterocycles. The number of carbonyl (C=O) groups excluding carboxylic acids is 2. The highest BCUT2D eigenvalue weighted by Gasteiger charge is 2.16. The Balaban J connectivity index is 1.68. The number of hydrogen-bond donors (Lipinski definition) is 2. The molecule has 0 spiro atoms. The maximum atomic E-state index is 12.5. The van der Waals surface area contributed by atoms with E-state index in [1.807, 2.05) is 66.7 Å². The summed E-state index contributed by atoms with van der Waals surface area (Å²) in [6.45, 7) is 0.388. The van der Waals surface area contributed by atoms with Crippen LogP contribution in [0.15, 0.2) is 78.9 Å². The van der Waals surface area contributed by atoms with Gasteiger partial charge in [-0.15, -0.1) is 0 Å². The van der Waals surface area contributed by atoms with Crippen molar-refractivity contribution in [3.63, 3.8) is 0 Å². The van der Waals surface area contributed by atoms with Crippen LogP contribution in [0.2, 0.25) is 0 Å². The number of carbonyl (C=O) groups is 2. The van der Waals surface area contributed by atoms with Gasteiger partial charge in [0.2, 0.25) is 0 Å². The Bertz CT molecular complexity index is 1170. The third kappa shape index (κ3) is 3.35. The fourth-order valence-corrected chi connectivity index (χ4v) is 3.16. The van der Waals surface area contributed by atoms with Crippen molar-refractivity contribution >= 4 is 28.4 Å². The molecule has 2 amide bonds. The first-order chi connectivity index (χ1) is 13.6. The molecule has 6 heteroatoms. The predicted octanol–water partition coefficient (Wildman–Crippen LogP) is 3.44. The molecule has 0 fully saturated rings. The molecule has 1 aromatic heterocycles. The number of fused-ring (bicyclic) bond motifs is 1. The van der Waals surface area contributed by atoms with Gasteiger partial charge in [0.15, 0.2) is 5.69 Å². The van der Waals surface area contributed by atoms with Crippen LogP contribution in [-0.4, -0.2) is 21.6 Å². The summed E-state index contributed by atoms with van der Waals surface area (Å²) in [6, 6.07) is 24.0. The van der Waals surface area contributed by atoms with Crippen LogP contribution in [0.3, 0.4) is 0 Å². The molecule has 3 N–H and O–H groups in total. The van der Waals surface area contributed by atoms with E-state index in [0.29, 0.717) is 23.2 Å². The van der Waals surface area contributed by atoms with E-state index in [2.05, 4.69) is 10.4 Å². The zero-order valence-corrected chi connectivity index (χ0v) is 15.0. The minimum Gasteiger partial charge on any atom is -0.364 e. The lowest BCUT2D eigenvalue weighted by atomic mass is 10.1. The molecule has 0 saturated carbocycles. The van der Waals surface area contributed by atoms with Crippen LogP contribution in [0.4, 0.5) is 5.69 Å². The second-order valence-electron chi connectivity index (χ2n) is 6.36. The molecule has 0 saturated heterocycles. The maximum Gasteiger partial charge on any atom is 0.269 e. The summed E-state index contributed by atoms with van der Waals surface area (Å²) in [7, 11) is 0. The van der Waals surface area contributed by atoms with E-state index in [4.69, 9.17) is 5.73 Å². The van der Waals surface area contributed by atoms with Crippen LogP contribution in [0.5, 0.6) is 0 Å². The van der Waals surface area contributed by atoms with Crippen LogP contribution in [0.1, 0.15) is 26.4 Å². The van der Waals surface area contributed by atoms with Crippen molar-refractivity contribution in [2.75, 3.05) is 5.32 Å². The minimum absolute atomic E-state index is 0.184. The van der Waals surface area contributed by atoms with Crippen molar-refractivity contribution in [2.45, 2.75) is 6.54 Å². The number of aromatic nitrogens is 2. The molecular weight excluding hydrogens is 352 g/mol. The zero-order valence-electron chi connectivity index (χ0n) is 15.0. The number of nitrogens with one attached hydrogen (secondary N) is 1. The van der Waals surface area contributed by atoms with Gasteiger partial charge in [0.1, 0.15) is 0 Å². The first kappa shape index (κ1) is 17.5. The van der Waals surface area contributed by atoms with Gasteiger partial charge in [-0.25, -0.2) is 0 Å². The third-order valence-corrected chi connectivity index (χ3v) is 4.51. The van der Waals surface area contributed by atoms with E-state index in [-0.39, 0.29) is 11.6 Å². The van der Waals surface area contributed by atoms with Crippen LogP contribution >= 0.6 is 0 Å². The normalized spacial score (nSPS) is 10.7. The van der Waals surface area contributed by atoms with Crippen LogP contribution in [0.25, 0.3) is 10.9 Å². The Labute approximate surface area is 161 Å². The minimum atomic E-state index is -0.569. The quantitative estimate of drug-likeness (QED) is 0.564. The van der Waals surface area contributed by atoms with Gasteiger partial charge in [-0.2, -0.15) is 5.10 Å². The SMILES string of the molecule is NC(=O)c1nn(Cc2ccccc2NC(=O)c2ccccc2)c2ccccc12. The van der Waals surface area contributed by atoms with E-state index in [1.165, 1.54) is 0 Å². The van der Waals surface area contributed by atoms with Crippen LogP contribution in [-0.2, 0) is 6.54 Å². The fourth-order valence-electron chi connectivity index (χ4n) is 3.16. The number of hydrogen-bond acceptors (Lipinski definition) is 3. The van der Waals surface area contributed by atoms with Crippen molar-refractivity contribution in [1.29, 1.82) is 0 Å². The van der Waals surface area contributed by atoms with Gasteiger partial charge >= 0.3 is 0 Å². The van der Waals surface area contributed by atoms with Gasteiger partial charge in [-0.3, -0.25) is 14.3 Å². The number of benzene rings is 3. The Morgan fingerprint density at radius 3 is 2.36 bits per heavy atom. The predicted molar refractivity (Wildman–Crippen MR) is 108 cm³/mol. The van der Waals surface area contributed by atoms with E-state index >= 15 is 0 Å². The second kappa shape index (κ2) is 7.36. The van der Waals surface area contributed by atoms with Gasteiger partial charge < -0.3 is 11.1 Å². The molecule has 3 aromatic carbocycles. The Kier molecular flexibility index (Phi) is 4.60. The zero-order chi connectivity index (χ0) is 19.5. The molecular formula is C22H18N4O2. The van der Waals surface area contributed by atoms with Crippen molar-refractivity contribution < 1.29 is 9.59 Å². The molecule has 6 nitrogen and oxygen atoms in total. The smallest absolute Gasteiger partial charge is 0.269 e. The average Bonchev–Trinajstić information content (AvgIpc) is 3.09. The Hall–Kier alpha value is -3.93. The van der Waals surface area contributed by atoms with E-state index in [0.717, 1.165) is 11.1 Å². The lowest BCUT2D eigenvalue weighted by Gasteiger charge is -2.12. The standard InChI is InChI=1S/C22H18N4O2/c23-21(27)20-17-11-5-7-13-19(17)26(25-20)14-16-10-4-6-12-18(16)24-22(28)15-8-2-1-3-9-15/h1-13H,14H2,(H2,23,27)(H,24,28). The second-order valence-corrected chi connectivity index (χ2v) is 6.36. The van der Waals surface area contributed by atoms with Crippen molar-refractivity contribution in [3.05, 3.63) is 95.7 Å². The van der Waals surface area contributed by atoms with Crippen molar-refractivity contribution in [3.8, 4) is 0 Å². The molecule has 0 aliphatic heterocycles. The monoisotopic (exact) mass is 370 g/mol. The molecule has 4 rings (SSSR count). The number of amides is 2. The van der Waals surface area contributed by atoms with E-state index in [9.17, 15) is 9.59 Å². The first-order valence-electron chi connectivity index (χ1n) is 8.83. The summed E-state index contributed by atoms with van der Waals surface area (Å²) in [5.41, 5.74) is 8.66. The number of nitrogens with zero attached hydrogens (tertiary/aromatic N) is 2. The molecule has 0 aliphatic rings. The first-order valence-corrected chi connectivity index (χ1v) is 8.83. The van der Waals surface area contributed by atoms with Crippen LogP contribution < -0.4 is 11.1 Å². The van der Waals surface area contributed by atoms with E-state index < -0.39 is 5.91 Å². The van der Waals surface area contributed by atoms with Crippen molar-refractivity contribution in [2.24, 2.45) is 5.73 Å². The summed E-state index contributed by atoms with van der Waals surface area (Å²) in [5, 5.41) is 8.05. The molecule has 0 aliphatic carbocycles. The lowest BCUT2D eigenvalue weighted by Crippen LogP contribution is -2.15. The Morgan fingerprint density at radius 2 is 1.57 bits per heavy atom. The number of rotatable bonds is 5. The molecule has 0 radical (unpaired) electrons. The molecule has 28 heavy (non-hydrogen) atoms. The molecule has 0 bridgehead atoms. The summed E-state index contributed by atoms with van der Waals surface area (Å²) in [5.74, 6) is -0.753. The maximum absolute atomic E-state index is 12.5. The highest BCUT2D eigenvalue weighted by molar-refractivity contribution is 6.05. The van der Waals surface area contributed by atoms with Crippen LogP contribution in [0, 0.1) is 0 Å². The Morgan fingerprint density at radius 1 is 0.893 bits per heavy atom. The third-order valence-electron chi connectivity index (χ3n) is 4.51. The average molecular weight is 370 g/mol. The summed E-state index contributed by atoms with van der Waals surface area (Å²) < 4.78 is 1.73. The number of nitrogens with two attached hydrogens (primary N) is 1. The summed E-state index contributed by atoms with van der Waals surface area (Å²) in [6.07, 6.45) is 0. The summed E-state index contributed by atoms with van der Waals surface area (Å²) >= 11 is 0. The number of anilines is 1. The van der Waals surface area contributed by atoms with Gasteiger partial charge in [0.25, 0.3) is 11.8 Å². The molecule has 4 aromatic rings. The molecule has 0 unspecified atom stereocenters. The lowest BCUT2D eigenvalue weighted by molar-refractivity contribution is 0.0994. The number of para-hydroxylation sites is 2. The van der Waals surface area contributed by atoms with Gasteiger partial charge in [0.05, 0.1) is 12.1 Å². The van der Waals surface area contributed by atoms with Gasteiger partial charge in [-0.1, -0.05) is 54.6 Å². The largest absolute Gasteiger partial charge is 0.364 e. The van der Waals surface area contributed by atoms with Gasteiger partial charge in [0, 0.05) is 16.6 Å². The molecule has 0 atom stereocenters. The van der Waals surface area contributed by atoms with Gasteiger partial charge in [-0.05, 0) is 29.8 Å². The highest BCUT2D eigenvalue weighted by Crippen LogP contribution is 2.22. The van der Waals surface area contributed by atoms with E-state index in [1.54, 1.807) is 16.8 Å². The summed E-state index contributed by atoms with van der Waals surface area (Å²) in [4.78, 5) is 24.3. The van der Waals surface area contributed by atoms with Crippen molar-refractivity contribution in [1.82, 2.24) is 9.78 Å².